The second kappa shape index (κ2) is 6.59. The first kappa shape index (κ1) is 18.4. The first-order valence-electron chi connectivity index (χ1n) is 10.1. The minimum atomic E-state index is -0.173. The van der Waals surface area contributed by atoms with Crippen molar-refractivity contribution in [3.05, 3.63) is 23.0 Å². The number of hydrogen-bond acceptors (Lipinski definition) is 4. The van der Waals surface area contributed by atoms with Crippen molar-refractivity contribution >= 4 is 16.9 Å². The van der Waals surface area contributed by atoms with Crippen molar-refractivity contribution in [1.82, 2.24) is 24.6 Å². The van der Waals surface area contributed by atoms with E-state index >= 15 is 0 Å². The highest BCUT2D eigenvalue weighted by molar-refractivity contribution is 6.06. The van der Waals surface area contributed by atoms with Crippen LogP contribution in [0.2, 0.25) is 0 Å². The SMILES string of the molecule is Cc1nn(C(C)(C)C)c2nc(C3CC3)cc(C(=O)N3CCCN(C)CC3)c12. The maximum atomic E-state index is 13.5. The molecule has 0 aromatic carbocycles. The van der Waals surface area contributed by atoms with E-state index in [0.717, 1.165) is 60.6 Å². The average Bonchev–Trinajstić information content (AvgIpc) is 3.41. The summed E-state index contributed by atoms with van der Waals surface area (Å²) in [5.41, 5.74) is 3.43. The van der Waals surface area contributed by atoms with Gasteiger partial charge in [0.25, 0.3) is 5.91 Å². The van der Waals surface area contributed by atoms with E-state index in [4.69, 9.17) is 10.1 Å². The van der Waals surface area contributed by atoms with Gasteiger partial charge in [0.1, 0.15) is 0 Å². The molecule has 1 aliphatic carbocycles. The predicted molar refractivity (Wildman–Crippen MR) is 107 cm³/mol. The number of nitrogens with zero attached hydrogens (tertiary/aromatic N) is 5. The molecule has 0 unspecified atom stereocenters. The van der Waals surface area contributed by atoms with E-state index in [2.05, 4.69) is 38.8 Å². The third kappa shape index (κ3) is 3.47. The molecular formula is C21H31N5O. The van der Waals surface area contributed by atoms with Gasteiger partial charge in [-0.3, -0.25) is 4.79 Å². The summed E-state index contributed by atoms with van der Waals surface area (Å²) in [6.45, 7) is 12.0. The molecule has 2 fully saturated rings. The number of likely N-dealkylation sites (N-methyl/N-ethyl adjacent to an activating group) is 1. The van der Waals surface area contributed by atoms with Crippen LogP contribution in [-0.4, -0.2) is 63.7 Å². The normalized spacial score (nSPS) is 19.5. The lowest BCUT2D eigenvalue weighted by Gasteiger charge is -2.22. The monoisotopic (exact) mass is 369 g/mol. The fourth-order valence-corrected chi connectivity index (χ4v) is 3.95. The second-order valence-electron chi connectivity index (χ2n) is 9.18. The molecule has 1 amide bonds. The van der Waals surface area contributed by atoms with Gasteiger partial charge in [-0.05, 0) is 66.6 Å². The summed E-state index contributed by atoms with van der Waals surface area (Å²) in [6, 6.07) is 2.05. The topological polar surface area (TPSA) is 54.3 Å². The Morgan fingerprint density at radius 3 is 2.56 bits per heavy atom. The highest BCUT2D eigenvalue weighted by Crippen LogP contribution is 2.41. The van der Waals surface area contributed by atoms with Gasteiger partial charge in [0, 0.05) is 31.2 Å². The van der Waals surface area contributed by atoms with Gasteiger partial charge in [-0.1, -0.05) is 0 Å². The first-order chi connectivity index (χ1) is 12.8. The van der Waals surface area contributed by atoms with Crippen LogP contribution in [-0.2, 0) is 5.54 Å². The summed E-state index contributed by atoms with van der Waals surface area (Å²) < 4.78 is 2.00. The molecule has 146 valence electrons. The number of pyridine rings is 1. The molecule has 0 atom stereocenters. The Kier molecular flexibility index (Phi) is 4.49. The maximum absolute atomic E-state index is 13.5. The lowest BCUT2D eigenvalue weighted by atomic mass is 10.1. The van der Waals surface area contributed by atoms with Gasteiger partial charge in [-0.25, -0.2) is 9.67 Å². The van der Waals surface area contributed by atoms with Crippen molar-refractivity contribution in [2.24, 2.45) is 0 Å². The number of aromatic nitrogens is 3. The summed E-state index contributed by atoms with van der Waals surface area (Å²) in [5.74, 6) is 0.635. The molecule has 1 saturated heterocycles. The Morgan fingerprint density at radius 2 is 1.89 bits per heavy atom. The van der Waals surface area contributed by atoms with Gasteiger partial charge in [-0.15, -0.1) is 0 Å². The van der Waals surface area contributed by atoms with Crippen LogP contribution < -0.4 is 0 Å². The van der Waals surface area contributed by atoms with Crippen LogP contribution >= 0.6 is 0 Å². The zero-order valence-electron chi connectivity index (χ0n) is 17.2. The summed E-state index contributed by atoms with van der Waals surface area (Å²) in [5, 5.41) is 5.70. The van der Waals surface area contributed by atoms with Crippen molar-refractivity contribution in [2.45, 2.75) is 58.4 Å². The average molecular weight is 370 g/mol. The van der Waals surface area contributed by atoms with E-state index in [0.29, 0.717) is 5.92 Å². The minimum absolute atomic E-state index is 0.135. The Morgan fingerprint density at radius 1 is 1.15 bits per heavy atom. The Bertz CT molecular complexity index is 875. The summed E-state index contributed by atoms with van der Waals surface area (Å²) in [6.07, 6.45) is 3.36. The second-order valence-corrected chi connectivity index (χ2v) is 9.18. The fourth-order valence-electron chi connectivity index (χ4n) is 3.95. The largest absolute Gasteiger partial charge is 0.337 e. The Balaban J connectivity index is 1.83. The number of carbonyl (C=O) groups is 1. The molecule has 6 nitrogen and oxygen atoms in total. The number of rotatable bonds is 2. The smallest absolute Gasteiger partial charge is 0.254 e. The maximum Gasteiger partial charge on any atom is 0.254 e. The number of fused-ring (bicyclic) bond motifs is 1. The minimum Gasteiger partial charge on any atom is -0.337 e. The number of aryl methyl sites for hydroxylation is 1. The molecule has 0 N–H and O–H groups in total. The van der Waals surface area contributed by atoms with Crippen LogP contribution in [0.4, 0.5) is 0 Å². The molecule has 0 spiro atoms. The molecular weight excluding hydrogens is 338 g/mol. The van der Waals surface area contributed by atoms with E-state index in [1.54, 1.807) is 0 Å². The highest BCUT2D eigenvalue weighted by atomic mass is 16.2. The van der Waals surface area contributed by atoms with Crippen LogP contribution in [0.3, 0.4) is 0 Å². The molecule has 3 heterocycles. The van der Waals surface area contributed by atoms with Gasteiger partial charge in [0.05, 0.1) is 22.2 Å². The van der Waals surface area contributed by atoms with E-state index < -0.39 is 0 Å². The summed E-state index contributed by atoms with van der Waals surface area (Å²) in [4.78, 5) is 22.8. The van der Waals surface area contributed by atoms with Gasteiger partial charge in [0.15, 0.2) is 5.65 Å². The molecule has 4 rings (SSSR count). The molecule has 1 saturated carbocycles. The lowest BCUT2D eigenvalue weighted by molar-refractivity contribution is 0.0764. The number of hydrogen-bond donors (Lipinski definition) is 0. The van der Waals surface area contributed by atoms with Crippen LogP contribution in [0.25, 0.3) is 11.0 Å². The fraction of sp³-hybridized carbons (Fsp3) is 0.667. The van der Waals surface area contributed by atoms with E-state index in [1.165, 1.54) is 12.8 Å². The quantitative estimate of drug-likeness (QED) is 0.816. The zero-order valence-corrected chi connectivity index (χ0v) is 17.2. The lowest BCUT2D eigenvalue weighted by Crippen LogP contribution is -2.34. The molecule has 6 heteroatoms. The van der Waals surface area contributed by atoms with Crippen molar-refractivity contribution in [3.8, 4) is 0 Å². The van der Waals surface area contributed by atoms with Crippen molar-refractivity contribution in [2.75, 3.05) is 33.2 Å². The summed E-state index contributed by atoms with van der Waals surface area (Å²) >= 11 is 0. The van der Waals surface area contributed by atoms with E-state index in [-0.39, 0.29) is 11.4 Å². The molecule has 0 bridgehead atoms. The summed E-state index contributed by atoms with van der Waals surface area (Å²) in [7, 11) is 2.13. The predicted octanol–water partition coefficient (Wildman–Crippen LogP) is 3.15. The standard InChI is InChI=1S/C21H31N5O/c1-14-18-16(20(27)25-10-6-9-24(5)11-12-25)13-17(15-7-8-15)22-19(18)26(23-14)21(2,3)4/h13,15H,6-12H2,1-5H3. The molecule has 27 heavy (non-hydrogen) atoms. The van der Waals surface area contributed by atoms with Gasteiger partial charge in [0.2, 0.25) is 0 Å². The van der Waals surface area contributed by atoms with Crippen LogP contribution in [0.5, 0.6) is 0 Å². The van der Waals surface area contributed by atoms with Crippen LogP contribution in [0.1, 0.15) is 67.7 Å². The van der Waals surface area contributed by atoms with E-state index in [9.17, 15) is 4.79 Å². The van der Waals surface area contributed by atoms with Crippen molar-refractivity contribution < 1.29 is 4.79 Å². The highest BCUT2D eigenvalue weighted by Gasteiger charge is 2.31. The third-order valence-electron chi connectivity index (χ3n) is 5.70. The first-order valence-corrected chi connectivity index (χ1v) is 10.1. The molecule has 2 aromatic heterocycles. The van der Waals surface area contributed by atoms with Gasteiger partial charge in [-0.2, -0.15) is 5.10 Å². The molecule has 1 aliphatic heterocycles. The zero-order chi connectivity index (χ0) is 19.3. The molecule has 2 aromatic rings. The van der Waals surface area contributed by atoms with Crippen LogP contribution in [0, 0.1) is 6.92 Å². The Hall–Kier alpha value is -1.95. The Labute approximate surface area is 161 Å². The number of carbonyl (C=O) groups excluding carboxylic acids is 1. The number of amides is 1. The van der Waals surface area contributed by atoms with Crippen LogP contribution in [0.15, 0.2) is 6.07 Å². The van der Waals surface area contributed by atoms with Gasteiger partial charge < -0.3 is 9.80 Å². The van der Waals surface area contributed by atoms with Crippen molar-refractivity contribution in [1.29, 1.82) is 0 Å². The molecule has 0 radical (unpaired) electrons. The van der Waals surface area contributed by atoms with Crippen molar-refractivity contribution in [3.63, 3.8) is 0 Å². The van der Waals surface area contributed by atoms with Gasteiger partial charge >= 0.3 is 0 Å². The third-order valence-corrected chi connectivity index (χ3v) is 5.70. The van der Waals surface area contributed by atoms with E-state index in [1.807, 2.05) is 16.5 Å². The molecule has 2 aliphatic rings.